The van der Waals surface area contributed by atoms with Crippen molar-refractivity contribution < 1.29 is 0 Å². The van der Waals surface area contributed by atoms with Crippen LogP contribution in [-0.2, 0) is 0 Å². The fourth-order valence-corrected chi connectivity index (χ4v) is 0.691. The van der Waals surface area contributed by atoms with E-state index >= 15 is 0 Å². The van der Waals surface area contributed by atoms with Gasteiger partial charge in [-0.3, -0.25) is 0 Å². The molecule has 0 aliphatic heterocycles. The van der Waals surface area contributed by atoms with E-state index in [4.69, 9.17) is 11.6 Å². The summed E-state index contributed by atoms with van der Waals surface area (Å²) >= 11 is 5.71. The van der Waals surface area contributed by atoms with Gasteiger partial charge in [0.05, 0.1) is 16.9 Å². The molecule has 48 valence electrons. The molecule has 0 radical (unpaired) electrons. The summed E-state index contributed by atoms with van der Waals surface area (Å²) in [6.07, 6.45) is 1.55. The minimum absolute atomic E-state index is 0.683. The number of aryl methyl sites for hydroxylation is 1. The fraction of sp³-hybridized carbons (Fsp3) is 0.333. The van der Waals surface area contributed by atoms with Gasteiger partial charge in [-0.25, -0.2) is 0 Å². The van der Waals surface area contributed by atoms with Crippen LogP contribution in [0.2, 0.25) is 5.02 Å². The first-order chi connectivity index (χ1) is 4.22. The summed E-state index contributed by atoms with van der Waals surface area (Å²) < 4.78 is 0. The van der Waals surface area contributed by atoms with Crippen LogP contribution in [0.5, 0.6) is 0 Å². The number of halogens is 1. The average Bonchev–Trinajstić information content (AvgIpc) is 1.83. The van der Waals surface area contributed by atoms with Gasteiger partial charge >= 0.3 is 0 Å². The summed E-state index contributed by atoms with van der Waals surface area (Å²) in [6.45, 7) is 3.81. The molecule has 1 heterocycles. The second kappa shape index (κ2) is 2.31. The second-order valence-corrected chi connectivity index (χ2v) is 2.31. The molecule has 0 aliphatic carbocycles. The van der Waals surface area contributed by atoms with Gasteiger partial charge in [-0.05, 0) is 19.4 Å². The van der Waals surface area contributed by atoms with Crippen molar-refractivity contribution in [2.24, 2.45) is 0 Å². The number of aromatic nitrogens is 2. The second-order valence-electron chi connectivity index (χ2n) is 1.90. The number of rotatable bonds is 0. The van der Waals surface area contributed by atoms with Crippen molar-refractivity contribution in [2.75, 3.05) is 0 Å². The lowest BCUT2D eigenvalue weighted by molar-refractivity contribution is 0.961. The van der Waals surface area contributed by atoms with Gasteiger partial charge in [0, 0.05) is 0 Å². The molecule has 0 fully saturated rings. The van der Waals surface area contributed by atoms with Crippen molar-refractivity contribution in [3.63, 3.8) is 0 Å². The van der Waals surface area contributed by atoms with Crippen LogP contribution in [0.15, 0.2) is 6.20 Å². The van der Waals surface area contributed by atoms with Gasteiger partial charge in [0.2, 0.25) is 0 Å². The highest BCUT2D eigenvalue weighted by atomic mass is 35.5. The standard InChI is InChI=1S/C6H7ClN2/c1-4-5(2)9-8-3-6(4)7/h3H,1-2H3. The van der Waals surface area contributed by atoms with E-state index in [1.54, 1.807) is 6.20 Å². The molecule has 0 amide bonds. The summed E-state index contributed by atoms with van der Waals surface area (Å²) in [4.78, 5) is 0. The molecule has 2 nitrogen and oxygen atoms in total. The first kappa shape index (κ1) is 6.49. The van der Waals surface area contributed by atoms with E-state index in [2.05, 4.69) is 10.2 Å². The molecule has 0 atom stereocenters. The Morgan fingerprint density at radius 3 is 2.56 bits per heavy atom. The van der Waals surface area contributed by atoms with Crippen molar-refractivity contribution in [3.05, 3.63) is 22.5 Å². The van der Waals surface area contributed by atoms with Gasteiger partial charge in [-0.15, -0.1) is 0 Å². The monoisotopic (exact) mass is 142 g/mol. The molecule has 3 heteroatoms. The molecule has 1 rings (SSSR count). The van der Waals surface area contributed by atoms with E-state index in [-0.39, 0.29) is 0 Å². The van der Waals surface area contributed by atoms with Gasteiger partial charge in [0.25, 0.3) is 0 Å². The SMILES string of the molecule is Cc1nncc(Cl)c1C. The maximum atomic E-state index is 5.71. The third kappa shape index (κ3) is 1.19. The number of nitrogens with zero attached hydrogens (tertiary/aromatic N) is 2. The molecule has 0 aliphatic rings. The van der Waals surface area contributed by atoms with E-state index < -0.39 is 0 Å². The lowest BCUT2D eigenvalue weighted by Crippen LogP contribution is -1.89. The minimum atomic E-state index is 0.683. The van der Waals surface area contributed by atoms with Crippen LogP contribution in [0.1, 0.15) is 11.3 Å². The van der Waals surface area contributed by atoms with Crippen LogP contribution >= 0.6 is 11.6 Å². The quantitative estimate of drug-likeness (QED) is 0.552. The lowest BCUT2D eigenvalue weighted by Gasteiger charge is -1.96. The van der Waals surface area contributed by atoms with Gasteiger partial charge in [0.15, 0.2) is 0 Å². The molecule has 0 saturated carbocycles. The van der Waals surface area contributed by atoms with Gasteiger partial charge in [-0.2, -0.15) is 10.2 Å². The Morgan fingerprint density at radius 2 is 2.11 bits per heavy atom. The first-order valence-electron chi connectivity index (χ1n) is 2.66. The highest BCUT2D eigenvalue weighted by Crippen LogP contribution is 2.13. The highest BCUT2D eigenvalue weighted by Gasteiger charge is 1.96. The number of hydrogen-bond acceptors (Lipinski definition) is 2. The first-order valence-corrected chi connectivity index (χ1v) is 3.04. The molecule has 0 saturated heterocycles. The molecule has 0 N–H and O–H groups in total. The van der Waals surface area contributed by atoms with Gasteiger partial charge < -0.3 is 0 Å². The van der Waals surface area contributed by atoms with Crippen LogP contribution in [-0.4, -0.2) is 10.2 Å². The predicted molar refractivity (Wildman–Crippen MR) is 36.5 cm³/mol. The molecule has 0 bridgehead atoms. The fourth-order valence-electron chi connectivity index (χ4n) is 0.511. The Labute approximate surface area is 58.9 Å². The highest BCUT2D eigenvalue weighted by molar-refractivity contribution is 6.31. The van der Waals surface area contributed by atoms with E-state index in [0.29, 0.717) is 5.02 Å². The summed E-state index contributed by atoms with van der Waals surface area (Å²) in [5.74, 6) is 0. The third-order valence-corrected chi connectivity index (χ3v) is 1.66. The third-order valence-electron chi connectivity index (χ3n) is 1.28. The van der Waals surface area contributed by atoms with E-state index in [1.807, 2.05) is 13.8 Å². The Kier molecular flexibility index (Phi) is 1.67. The smallest absolute Gasteiger partial charge is 0.0685 e. The normalized spacial score (nSPS) is 9.67. The summed E-state index contributed by atoms with van der Waals surface area (Å²) in [5, 5.41) is 8.15. The average molecular weight is 143 g/mol. The van der Waals surface area contributed by atoms with E-state index in [9.17, 15) is 0 Å². The van der Waals surface area contributed by atoms with Crippen molar-refractivity contribution in [2.45, 2.75) is 13.8 Å². The minimum Gasteiger partial charge on any atom is -0.157 e. The largest absolute Gasteiger partial charge is 0.157 e. The van der Waals surface area contributed by atoms with Crippen molar-refractivity contribution in [1.29, 1.82) is 0 Å². The zero-order valence-corrected chi connectivity index (χ0v) is 6.11. The molecule has 0 unspecified atom stereocenters. The number of hydrogen-bond donors (Lipinski definition) is 0. The van der Waals surface area contributed by atoms with Crippen molar-refractivity contribution in [1.82, 2.24) is 10.2 Å². The Bertz CT molecular complexity index is 202. The van der Waals surface area contributed by atoms with Crippen LogP contribution in [0.25, 0.3) is 0 Å². The molecular weight excluding hydrogens is 136 g/mol. The molecular formula is C6H7ClN2. The lowest BCUT2D eigenvalue weighted by atomic mass is 10.2. The van der Waals surface area contributed by atoms with E-state index in [1.165, 1.54) is 0 Å². The molecule has 1 aromatic rings. The van der Waals surface area contributed by atoms with Crippen LogP contribution in [0.4, 0.5) is 0 Å². The van der Waals surface area contributed by atoms with Crippen molar-refractivity contribution >= 4 is 11.6 Å². The van der Waals surface area contributed by atoms with E-state index in [0.717, 1.165) is 11.3 Å². The molecule has 0 aromatic carbocycles. The van der Waals surface area contributed by atoms with Crippen molar-refractivity contribution in [3.8, 4) is 0 Å². The maximum absolute atomic E-state index is 5.71. The zero-order valence-electron chi connectivity index (χ0n) is 5.35. The summed E-state index contributed by atoms with van der Waals surface area (Å²) in [6, 6.07) is 0. The molecule has 9 heavy (non-hydrogen) atoms. The van der Waals surface area contributed by atoms with Crippen LogP contribution in [0.3, 0.4) is 0 Å². The predicted octanol–water partition coefficient (Wildman–Crippen LogP) is 1.75. The molecule has 0 spiro atoms. The van der Waals surface area contributed by atoms with Gasteiger partial charge in [-0.1, -0.05) is 11.6 Å². The Morgan fingerprint density at radius 1 is 1.44 bits per heavy atom. The van der Waals surface area contributed by atoms with Crippen LogP contribution in [0, 0.1) is 13.8 Å². The topological polar surface area (TPSA) is 25.8 Å². The van der Waals surface area contributed by atoms with Gasteiger partial charge in [0.1, 0.15) is 0 Å². The van der Waals surface area contributed by atoms with Crippen LogP contribution < -0.4 is 0 Å². The molecule has 1 aromatic heterocycles. The zero-order chi connectivity index (χ0) is 6.85. The maximum Gasteiger partial charge on any atom is 0.0685 e. The summed E-state index contributed by atoms with van der Waals surface area (Å²) in [5.41, 5.74) is 1.90. The Balaban J connectivity index is 3.25. The Hall–Kier alpha value is -0.630. The summed E-state index contributed by atoms with van der Waals surface area (Å²) in [7, 11) is 0.